The molecule has 1 aromatic carbocycles. The maximum atomic E-state index is 10.6. The van der Waals surface area contributed by atoms with Crippen LogP contribution in [-0.4, -0.2) is 9.91 Å². The van der Waals surface area contributed by atoms with E-state index in [2.05, 4.69) is 4.98 Å². The Labute approximate surface area is 134 Å². The highest BCUT2D eigenvalue weighted by Crippen LogP contribution is 2.29. The molecule has 2 aromatic heterocycles. The van der Waals surface area contributed by atoms with Crippen molar-refractivity contribution in [2.24, 2.45) is 0 Å². The highest BCUT2D eigenvalue weighted by atomic mass is 35.5. The molecule has 0 aliphatic heterocycles. The molecular weight excluding hydrogens is 328 g/mol. The molecule has 0 atom stereocenters. The Morgan fingerprint density at radius 1 is 1.41 bits per heavy atom. The highest BCUT2D eigenvalue weighted by Gasteiger charge is 2.12. The number of ether oxygens (including phenoxy) is 1. The first-order valence-corrected chi connectivity index (χ1v) is 7.44. The number of hydrogen-bond donors (Lipinski definition) is 0. The standard InChI is InChI=1S/C14H9ClN2O4S/c15-11-6-10(17(18)19)3-4-12(11)20-7-9-8-21-14(16-9)13-2-1-5-22-13/h1-6,8H,7H2. The third-order valence-electron chi connectivity index (χ3n) is 2.79. The predicted octanol–water partition coefficient (Wildman–Crippen LogP) is 4.54. The minimum Gasteiger partial charge on any atom is -0.486 e. The molecule has 0 bridgehead atoms. The fraction of sp³-hybridized carbons (Fsp3) is 0.0714. The summed E-state index contributed by atoms with van der Waals surface area (Å²) in [5.74, 6) is 0.885. The number of oxazole rings is 1. The largest absolute Gasteiger partial charge is 0.486 e. The van der Waals surface area contributed by atoms with Crippen molar-refractivity contribution in [3.8, 4) is 16.5 Å². The molecule has 112 valence electrons. The molecule has 8 heteroatoms. The molecule has 0 spiro atoms. The molecule has 0 aliphatic carbocycles. The molecule has 0 saturated heterocycles. The van der Waals surface area contributed by atoms with Gasteiger partial charge in [0.2, 0.25) is 5.89 Å². The second-order valence-corrected chi connectivity index (χ2v) is 5.64. The van der Waals surface area contributed by atoms with E-state index in [4.69, 9.17) is 20.8 Å². The summed E-state index contributed by atoms with van der Waals surface area (Å²) in [7, 11) is 0. The van der Waals surface area contributed by atoms with Gasteiger partial charge >= 0.3 is 0 Å². The number of non-ortho nitro benzene ring substituents is 1. The van der Waals surface area contributed by atoms with E-state index in [0.29, 0.717) is 17.3 Å². The van der Waals surface area contributed by atoms with E-state index < -0.39 is 4.92 Å². The quantitative estimate of drug-likeness (QED) is 0.504. The lowest BCUT2D eigenvalue weighted by molar-refractivity contribution is -0.384. The Balaban J connectivity index is 1.69. The van der Waals surface area contributed by atoms with Crippen LogP contribution in [-0.2, 0) is 6.61 Å². The molecule has 3 rings (SSSR count). The Hall–Kier alpha value is -2.38. The molecule has 2 heterocycles. The van der Waals surface area contributed by atoms with Crippen LogP contribution in [0, 0.1) is 10.1 Å². The van der Waals surface area contributed by atoms with Crippen LogP contribution >= 0.6 is 22.9 Å². The van der Waals surface area contributed by atoms with Crippen molar-refractivity contribution in [2.75, 3.05) is 0 Å². The van der Waals surface area contributed by atoms with E-state index in [0.717, 1.165) is 4.88 Å². The van der Waals surface area contributed by atoms with Gasteiger partial charge in [0.05, 0.1) is 14.8 Å². The summed E-state index contributed by atoms with van der Waals surface area (Å²) in [6.07, 6.45) is 1.51. The lowest BCUT2D eigenvalue weighted by atomic mass is 10.3. The fourth-order valence-corrected chi connectivity index (χ4v) is 2.64. The van der Waals surface area contributed by atoms with Crippen LogP contribution in [0.5, 0.6) is 5.75 Å². The number of benzene rings is 1. The first-order chi connectivity index (χ1) is 10.6. The molecule has 0 radical (unpaired) electrons. The lowest BCUT2D eigenvalue weighted by Crippen LogP contribution is -1.97. The summed E-state index contributed by atoms with van der Waals surface area (Å²) in [5, 5.41) is 12.8. The fourth-order valence-electron chi connectivity index (χ4n) is 1.76. The summed E-state index contributed by atoms with van der Waals surface area (Å²) in [4.78, 5) is 15.4. The number of halogens is 1. The van der Waals surface area contributed by atoms with Crippen molar-refractivity contribution in [1.29, 1.82) is 0 Å². The normalized spacial score (nSPS) is 10.6. The Morgan fingerprint density at radius 2 is 2.27 bits per heavy atom. The van der Waals surface area contributed by atoms with Gasteiger partial charge < -0.3 is 9.15 Å². The van der Waals surface area contributed by atoms with E-state index in [1.807, 2.05) is 17.5 Å². The van der Waals surface area contributed by atoms with Crippen LogP contribution in [0.3, 0.4) is 0 Å². The smallest absolute Gasteiger partial charge is 0.271 e. The van der Waals surface area contributed by atoms with Crippen LogP contribution in [0.15, 0.2) is 46.4 Å². The molecule has 6 nitrogen and oxygen atoms in total. The van der Waals surface area contributed by atoms with Gasteiger partial charge in [-0.3, -0.25) is 10.1 Å². The number of nitro groups is 1. The van der Waals surface area contributed by atoms with E-state index in [9.17, 15) is 10.1 Å². The Kier molecular flexibility index (Phi) is 4.08. The summed E-state index contributed by atoms with van der Waals surface area (Å²) in [6, 6.07) is 7.87. The maximum Gasteiger partial charge on any atom is 0.271 e. The van der Waals surface area contributed by atoms with Crippen LogP contribution in [0.25, 0.3) is 10.8 Å². The van der Waals surface area contributed by atoms with Crippen molar-refractivity contribution in [3.05, 3.63) is 62.8 Å². The summed E-state index contributed by atoms with van der Waals surface area (Å²) in [6.45, 7) is 0.159. The van der Waals surface area contributed by atoms with E-state index in [1.165, 1.54) is 35.8 Å². The first-order valence-electron chi connectivity index (χ1n) is 6.18. The number of rotatable bonds is 5. The van der Waals surface area contributed by atoms with Gasteiger partial charge in [0.25, 0.3) is 5.69 Å². The van der Waals surface area contributed by atoms with Gasteiger partial charge in [-0.2, -0.15) is 0 Å². The van der Waals surface area contributed by atoms with Gasteiger partial charge in [0, 0.05) is 12.1 Å². The molecule has 0 unspecified atom stereocenters. The first kappa shape index (κ1) is 14.6. The van der Waals surface area contributed by atoms with Crippen LogP contribution in [0.2, 0.25) is 5.02 Å². The van der Waals surface area contributed by atoms with Crippen LogP contribution in [0.1, 0.15) is 5.69 Å². The minimum atomic E-state index is -0.513. The van der Waals surface area contributed by atoms with Crippen LogP contribution < -0.4 is 4.74 Å². The van der Waals surface area contributed by atoms with E-state index in [1.54, 1.807) is 0 Å². The van der Waals surface area contributed by atoms with Crippen molar-refractivity contribution < 1.29 is 14.1 Å². The zero-order valence-corrected chi connectivity index (χ0v) is 12.6. The third-order valence-corrected chi connectivity index (χ3v) is 3.94. The van der Waals surface area contributed by atoms with Crippen LogP contribution in [0.4, 0.5) is 5.69 Å². The zero-order valence-electron chi connectivity index (χ0n) is 11.1. The van der Waals surface area contributed by atoms with Gasteiger partial charge in [0.1, 0.15) is 24.3 Å². The van der Waals surface area contributed by atoms with Crippen molar-refractivity contribution in [3.63, 3.8) is 0 Å². The molecule has 0 N–H and O–H groups in total. The Morgan fingerprint density at radius 3 is 2.95 bits per heavy atom. The van der Waals surface area contributed by atoms with Gasteiger partial charge in [0.15, 0.2) is 0 Å². The van der Waals surface area contributed by atoms with Gasteiger partial charge in [-0.15, -0.1) is 11.3 Å². The number of aromatic nitrogens is 1. The second kappa shape index (κ2) is 6.17. The number of hydrogen-bond acceptors (Lipinski definition) is 6. The van der Waals surface area contributed by atoms with E-state index >= 15 is 0 Å². The molecule has 0 aliphatic rings. The highest BCUT2D eigenvalue weighted by molar-refractivity contribution is 7.13. The average Bonchev–Trinajstić information content (AvgIpc) is 3.16. The molecule has 0 saturated carbocycles. The van der Waals surface area contributed by atoms with Crippen molar-refractivity contribution >= 4 is 28.6 Å². The molecule has 22 heavy (non-hydrogen) atoms. The van der Waals surface area contributed by atoms with Gasteiger partial charge in [-0.25, -0.2) is 4.98 Å². The second-order valence-electron chi connectivity index (χ2n) is 4.28. The van der Waals surface area contributed by atoms with Gasteiger partial charge in [-0.05, 0) is 17.5 Å². The number of nitro benzene ring substituents is 1. The Bertz CT molecular complexity index is 801. The number of nitrogens with zero attached hydrogens (tertiary/aromatic N) is 2. The summed E-state index contributed by atoms with van der Waals surface area (Å²) in [5.41, 5.74) is 0.525. The third kappa shape index (κ3) is 3.10. The van der Waals surface area contributed by atoms with E-state index in [-0.39, 0.29) is 17.3 Å². The molecule has 0 fully saturated rings. The summed E-state index contributed by atoms with van der Waals surface area (Å²) < 4.78 is 10.9. The average molecular weight is 337 g/mol. The lowest BCUT2D eigenvalue weighted by Gasteiger charge is -2.05. The summed E-state index contributed by atoms with van der Waals surface area (Å²) >= 11 is 7.48. The van der Waals surface area contributed by atoms with Crippen molar-refractivity contribution in [2.45, 2.75) is 6.61 Å². The zero-order chi connectivity index (χ0) is 15.5. The van der Waals surface area contributed by atoms with Crippen molar-refractivity contribution in [1.82, 2.24) is 4.98 Å². The molecule has 0 amide bonds. The van der Waals surface area contributed by atoms with Gasteiger partial charge in [-0.1, -0.05) is 17.7 Å². The predicted molar refractivity (Wildman–Crippen MR) is 82.3 cm³/mol. The monoisotopic (exact) mass is 336 g/mol. The topological polar surface area (TPSA) is 78.4 Å². The SMILES string of the molecule is O=[N+]([O-])c1ccc(OCc2coc(-c3cccs3)n2)c(Cl)c1. The minimum absolute atomic E-state index is 0.0845. The number of thiophene rings is 1. The molecular formula is C14H9ClN2O4S. The molecule has 3 aromatic rings. The maximum absolute atomic E-state index is 10.6.